The first-order chi connectivity index (χ1) is 10.8. The smallest absolute Gasteiger partial charge is 0.000525 e. The number of allylic oxidation sites excluding steroid dienone is 1. The molecule has 1 aliphatic carbocycles. The van der Waals surface area contributed by atoms with Crippen molar-refractivity contribution in [2.45, 2.75) is 38.5 Å². The number of hydrogen-bond acceptors (Lipinski definition) is 0. The number of benzene rings is 2. The van der Waals surface area contributed by atoms with Crippen LogP contribution >= 0.6 is 11.6 Å². The van der Waals surface area contributed by atoms with Crippen molar-refractivity contribution in [1.82, 2.24) is 0 Å². The highest BCUT2D eigenvalue weighted by atomic mass is 35.5. The maximum absolute atomic E-state index is 5.69. The maximum Gasteiger partial charge on any atom is 0.000525 e. The molecule has 0 aliphatic heterocycles. The van der Waals surface area contributed by atoms with Crippen molar-refractivity contribution in [2.75, 3.05) is 0 Å². The Balaban J connectivity index is 1.68. The molecule has 0 heterocycles. The molecule has 0 N–H and O–H groups in total. The van der Waals surface area contributed by atoms with Gasteiger partial charge >= 0.3 is 0 Å². The van der Waals surface area contributed by atoms with Crippen LogP contribution < -0.4 is 0 Å². The maximum atomic E-state index is 5.69. The summed E-state index contributed by atoms with van der Waals surface area (Å²) in [5.74, 6) is 1.40. The zero-order chi connectivity index (χ0) is 15.4. The third-order valence-corrected chi connectivity index (χ3v) is 5.03. The van der Waals surface area contributed by atoms with Crippen LogP contribution in [0.1, 0.15) is 42.7 Å². The van der Waals surface area contributed by atoms with Gasteiger partial charge in [-0.3, -0.25) is 0 Å². The second-order valence-corrected chi connectivity index (χ2v) is 6.67. The molecule has 0 aromatic heterocycles. The Morgan fingerprint density at radius 3 is 1.91 bits per heavy atom. The van der Waals surface area contributed by atoms with Gasteiger partial charge in [-0.15, -0.1) is 0 Å². The normalized spacial score (nSPS) is 22.1. The van der Waals surface area contributed by atoms with Gasteiger partial charge in [0.15, 0.2) is 0 Å². The number of aryl methyl sites for hydroxylation is 1. The van der Waals surface area contributed by atoms with E-state index < -0.39 is 0 Å². The van der Waals surface area contributed by atoms with Crippen molar-refractivity contribution in [3.63, 3.8) is 0 Å². The molecule has 0 spiro atoms. The second kappa shape index (κ2) is 7.15. The van der Waals surface area contributed by atoms with Gasteiger partial charge in [0, 0.05) is 5.54 Å². The Morgan fingerprint density at radius 1 is 0.818 bits per heavy atom. The molecule has 0 nitrogen and oxygen atoms in total. The van der Waals surface area contributed by atoms with E-state index in [4.69, 9.17) is 11.6 Å². The van der Waals surface area contributed by atoms with Crippen LogP contribution in [0.15, 0.2) is 60.1 Å². The molecule has 1 heteroatoms. The van der Waals surface area contributed by atoms with Gasteiger partial charge in [0.1, 0.15) is 0 Å². The Hall–Kier alpha value is -1.53. The van der Waals surface area contributed by atoms with Gasteiger partial charge < -0.3 is 0 Å². The summed E-state index contributed by atoms with van der Waals surface area (Å²) in [6, 6.07) is 17.9. The minimum atomic E-state index is 0.681. The van der Waals surface area contributed by atoms with E-state index in [1.165, 1.54) is 47.9 Å². The fourth-order valence-electron chi connectivity index (χ4n) is 3.44. The van der Waals surface area contributed by atoms with E-state index in [-0.39, 0.29) is 0 Å². The standard InChI is InChI=1S/C21H23Cl/c1-16-2-6-18(7-3-16)20-10-12-21(13-11-20)19-8-4-17(5-9-19)14-15-22/h2-3,6-7,10-15,17,19H,4-5,8-9H2,1H3. The summed E-state index contributed by atoms with van der Waals surface area (Å²) in [7, 11) is 0. The molecule has 0 bridgehead atoms. The van der Waals surface area contributed by atoms with E-state index in [0.717, 1.165) is 0 Å². The van der Waals surface area contributed by atoms with E-state index in [1.807, 2.05) is 0 Å². The van der Waals surface area contributed by atoms with Crippen molar-refractivity contribution < 1.29 is 0 Å². The van der Waals surface area contributed by atoms with Crippen molar-refractivity contribution >= 4 is 11.6 Å². The lowest BCUT2D eigenvalue weighted by Gasteiger charge is -2.27. The summed E-state index contributed by atoms with van der Waals surface area (Å²) in [5, 5.41) is 0. The van der Waals surface area contributed by atoms with E-state index in [9.17, 15) is 0 Å². The van der Waals surface area contributed by atoms with Crippen molar-refractivity contribution in [3.8, 4) is 11.1 Å². The third-order valence-electron chi connectivity index (χ3n) is 4.88. The molecule has 0 amide bonds. The molecular formula is C21H23Cl. The fourth-order valence-corrected chi connectivity index (χ4v) is 3.65. The molecule has 114 valence electrons. The monoisotopic (exact) mass is 310 g/mol. The van der Waals surface area contributed by atoms with Crippen LogP contribution in [0, 0.1) is 12.8 Å². The zero-order valence-corrected chi connectivity index (χ0v) is 13.9. The van der Waals surface area contributed by atoms with Crippen molar-refractivity contribution in [2.24, 2.45) is 5.92 Å². The molecule has 0 unspecified atom stereocenters. The van der Waals surface area contributed by atoms with Crippen LogP contribution in [0.25, 0.3) is 11.1 Å². The Labute approximate surface area is 138 Å². The molecular weight excluding hydrogens is 288 g/mol. The third kappa shape index (κ3) is 3.62. The average Bonchev–Trinajstić information content (AvgIpc) is 2.57. The van der Waals surface area contributed by atoms with Gasteiger partial charge in [0.05, 0.1) is 0 Å². The Bertz CT molecular complexity index is 614. The molecule has 2 aromatic rings. The Morgan fingerprint density at radius 2 is 1.36 bits per heavy atom. The largest absolute Gasteiger partial charge is 0.0933 e. The first-order valence-electron chi connectivity index (χ1n) is 8.20. The molecule has 0 saturated heterocycles. The predicted octanol–water partition coefficient (Wildman–Crippen LogP) is 6.69. The van der Waals surface area contributed by atoms with Crippen LogP contribution in [-0.2, 0) is 0 Å². The highest BCUT2D eigenvalue weighted by Crippen LogP contribution is 2.37. The van der Waals surface area contributed by atoms with Gasteiger partial charge in [-0.2, -0.15) is 0 Å². The lowest BCUT2D eigenvalue weighted by molar-refractivity contribution is 0.376. The zero-order valence-electron chi connectivity index (χ0n) is 13.1. The second-order valence-electron chi connectivity index (χ2n) is 6.42. The van der Waals surface area contributed by atoms with Crippen molar-refractivity contribution in [1.29, 1.82) is 0 Å². The van der Waals surface area contributed by atoms with E-state index in [1.54, 1.807) is 5.54 Å². The molecule has 1 fully saturated rings. The van der Waals surface area contributed by atoms with E-state index in [2.05, 4.69) is 61.5 Å². The first kappa shape index (κ1) is 15.4. The summed E-state index contributed by atoms with van der Waals surface area (Å²) < 4.78 is 0. The summed E-state index contributed by atoms with van der Waals surface area (Å²) in [5.41, 5.74) is 7.09. The molecule has 0 radical (unpaired) electrons. The predicted molar refractivity (Wildman–Crippen MR) is 96.3 cm³/mol. The van der Waals surface area contributed by atoms with Crippen LogP contribution in [0.5, 0.6) is 0 Å². The SMILES string of the molecule is Cc1ccc(-c2ccc(C3CCC(C=CCl)CC3)cc2)cc1. The number of rotatable bonds is 3. The Kier molecular flexibility index (Phi) is 5.00. The molecule has 1 aliphatic rings. The first-order valence-corrected chi connectivity index (χ1v) is 8.64. The van der Waals surface area contributed by atoms with Crippen molar-refractivity contribution in [3.05, 3.63) is 71.3 Å². The van der Waals surface area contributed by atoms with Crippen LogP contribution in [0.2, 0.25) is 0 Å². The number of halogens is 1. The minimum Gasteiger partial charge on any atom is -0.0933 e. The van der Waals surface area contributed by atoms with Gasteiger partial charge in [-0.05, 0) is 61.1 Å². The topological polar surface area (TPSA) is 0 Å². The minimum absolute atomic E-state index is 0.681. The van der Waals surface area contributed by atoms with Crippen LogP contribution in [-0.4, -0.2) is 0 Å². The number of hydrogen-bond donors (Lipinski definition) is 0. The molecule has 22 heavy (non-hydrogen) atoms. The summed E-state index contributed by atoms with van der Waals surface area (Å²) in [4.78, 5) is 0. The summed E-state index contributed by atoms with van der Waals surface area (Å²) in [6.07, 6.45) is 7.21. The molecule has 0 atom stereocenters. The molecule has 2 aromatic carbocycles. The van der Waals surface area contributed by atoms with Gasteiger partial charge in [-0.25, -0.2) is 0 Å². The fraction of sp³-hybridized carbons (Fsp3) is 0.333. The molecule has 3 rings (SSSR count). The quantitative estimate of drug-likeness (QED) is 0.592. The summed E-state index contributed by atoms with van der Waals surface area (Å²) >= 11 is 5.69. The van der Waals surface area contributed by atoms with E-state index >= 15 is 0 Å². The highest BCUT2D eigenvalue weighted by Gasteiger charge is 2.20. The van der Waals surface area contributed by atoms with Gasteiger partial charge in [0.2, 0.25) is 0 Å². The highest BCUT2D eigenvalue weighted by molar-refractivity contribution is 6.25. The average molecular weight is 311 g/mol. The molecule has 1 saturated carbocycles. The van der Waals surface area contributed by atoms with E-state index in [0.29, 0.717) is 11.8 Å². The van der Waals surface area contributed by atoms with Crippen LogP contribution in [0.3, 0.4) is 0 Å². The van der Waals surface area contributed by atoms with Gasteiger partial charge in [0.25, 0.3) is 0 Å². The summed E-state index contributed by atoms with van der Waals surface area (Å²) in [6.45, 7) is 2.13. The van der Waals surface area contributed by atoms with Crippen LogP contribution in [0.4, 0.5) is 0 Å². The lowest BCUT2D eigenvalue weighted by atomic mass is 9.78. The lowest BCUT2D eigenvalue weighted by Crippen LogP contribution is -2.11. The van der Waals surface area contributed by atoms with Gasteiger partial charge in [-0.1, -0.05) is 71.8 Å².